The van der Waals surface area contributed by atoms with E-state index < -0.39 is 11.5 Å². The summed E-state index contributed by atoms with van der Waals surface area (Å²) in [4.78, 5) is 17.3. The van der Waals surface area contributed by atoms with Crippen molar-refractivity contribution < 1.29 is 14.3 Å². The smallest absolute Gasteiger partial charge is 0.340 e. The Bertz CT molecular complexity index is 2400. The van der Waals surface area contributed by atoms with Crippen LogP contribution in [0, 0.1) is 0 Å². The number of aromatic nitrogens is 6. The molecule has 0 fully saturated rings. The van der Waals surface area contributed by atoms with E-state index in [-0.39, 0.29) is 0 Å². The molecular formula is C43H34N6O3. The number of carbonyl (C=O) groups excluding carboxylic acids is 1. The number of hydrogen-bond donors (Lipinski definition) is 0. The second kappa shape index (κ2) is 13.8. The van der Waals surface area contributed by atoms with Gasteiger partial charge in [0, 0.05) is 17.2 Å². The first-order valence-corrected chi connectivity index (χ1v) is 17.0. The lowest BCUT2D eigenvalue weighted by Crippen LogP contribution is -2.39. The molecule has 0 saturated heterocycles. The number of para-hydroxylation sites is 1. The number of methoxy groups -OCH3 is 1. The van der Waals surface area contributed by atoms with Crippen molar-refractivity contribution >= 4 is 17.0 Å². The van der Waals surface area contributed by atoms with E-state index in [1.165, 1.54) is 7.11 Å². The van der Waals surface area contributed by atoms with Crippen LogP contribution >= 0.6 is 0 Å². The number of benzene rings is 6. The molecule has 0 amide bonds. The highest BCUT2D eigenvalue weighted by Gasteiger charge is 2.42. The number of imidazole rings is 1. The number of esters is 1. The second-order valence-electron chi connectivity index (χ2n) is 12.2. The molecule has 0 atom stereocenters. The van der Waals surface area contributed by atoms with Gasteiger partial charge in [0.2, 0.25) is 0 Å². The predicted molar refractivity (Wildman–Crippen MR) is 200 cm³/mol. The Morgan fingerprint density at radius 3 is 1.92 bits per heavy atom. The van der Waals surface area contributed by atoms with Crippen molar-refractivity contribution in [1.29, 1.82) is 0 Å². The van der Waals surface area contributed by atoms with Crippen molar-refractivity contribution in [1.82, 2.24) is 29.8 Å². The molecule has 0 N–H and O–H groups in total. The lowest BCUT2D eigenvalue weighted by molar-refractivity contribution is 0.0602. The molecule has 0 aliphatic rings. The topological polar surface area (TPSA) is 97.0 Å². The number of nitrogens with zero attached hydrogens (tertiary/aromatic N) is 6. The highest BCUT2D eigenvalue weighted by atomic mass is 16.5. The quantitative estimate of drug-likeness (QED) is 0.106. The van der Waals surface area contributed by atoms with Gasteiger partial charge < -0.3 is 9.47 Å². The summed E-state index contributed by atoms with van der Waals surface area (Å²) in [6.45, 7) is 2.40. The van der Waals surface area contributed by atoms with Crippen LogP contribution in [0.1, 0.15) is 34.0 Å². The molecule has 0 bridgehead atoms. The molecule has 0 spiro atoms. The summed E-state index contributed by atoms with van der Waals surface area (Å²) in [5.41, 5.74) is 7.24. The van der Waals surface area contributed by atoms with E-state index in [0.717, 1.165) is 39.1 Å². The number of fused-ring (bicyclic) bond motifs is 1. The van der Waals surface area contributed by atoms with Crippen molar-refractivity contribution in [2.45, 2.75) is 12.5 Å². The Balaban J connectivity index is 1.34. The summed E-state index contributed by atoms with van der Waals surface area (Å²) >= 11 is 0. The van der Waals surface area contributed by atoms with E-state index in [4.69, 9.17) is 19.8 Å². The fourth-order valence-corrected chi connectivity index (χ4v) is 7.09. The monoisotopic (exact) mass is 682 g/mol. The maximum atomic E-state index is 12.7. The lowest BCUT2D eigenvalue weighted by Gasteiger charge is -2.36. The van der Waals surface area contributed by atoms with E-state index in [2.05, 4.69) is 52.7 Å². The van der Waals surface area contributed by atoms with Crippen LogP contribution in [0.15, 0.2) is 158 Å². The fourth-order valence-electron chi connectivity index (χ4n) is 7.09. The van der Waals surface area contributed by atoms with Gasteiger partial charge in [-0.25, -0.2) is 14.5 Å². The van der Waals surface area contributed by atoms with Gasteiger partial charge in [-0.3, -0.25) is 4.57 Å². The third kappa shape index (κ3) is 5.39. The first kappa shape index (κ1) is 32.3. The van der Waals surface area contributed by atoms with Crippen LogP contribution in [0.3, 0.4) is 0 Å². The van der Waals surface area contributed by atoms with Gasteiger partial charge in [0.1, 0.15) is 17.6 Å². The molecule has 0 aliphatic heterocycles. The summed E-state index contributed by atoms with van der Waals surface area (Å²) in [5.74, 6) is 0.810. The van der Waals surface area contributed by atoms with Gasteiger partial charge in [0.05, 0.1) is 36.0 Å². The SMILES string of the molecule is CCOc1cc(-n2cnc3cccc(C(=O)OC)c32)ccc1-c1ccccc1-c1nnnn1C(c1ccccc1)(c1ccccc1)c1ccccc1. The normalized spacial score (nSPS) is 11.4. The number of rotatable bonds is 10. The molecule has 0 aliphatic carbocycles. The summed E-state index contributed by atoms with van der Waals surface area (Å²) in [6, 6.07) is 50.5. The van der Waals surface area contributed by atoms with Crippen molar-refractivity contribution in [2.75, 3.05) is 13.7 Å². The zero-order valence-electron chi connectivity index (χ0n) is 28.6. The largest absolute Gasteiger partial charge is 0.493 e. The molecule has 0 radical (unpaired) electrons. The van der Waals surface area contributed by atoms with Crippen molar-refractivity contribution in [3.63, 3.8) is 0 Å². The summed E-state index contributed by atoms with van der Waals surface area (Å²) in [5, 5.41) is 13.8. The molecule has 6 aromatic carbocycles. The Kier molecular flexibility index (Phi) is 8.58. The minimum atomic E-state index is -0.915. The molecule has 2 heterocycles. The molecule has 52 heavy (non-hydrogen) atoms. The minimum absolute atomic E-state index is 0.426. The van der Waals surface area contributed by atoms with Gasteiger partial charge in [-0.2, -0.15) is 0 Å². The Hall–Kier alpha value is -6.87. The fraction of sp³-hybridized carbons (Fsp3) is 0.0930. The summed E-state index contributed by atoms with van der Waals surface area (Å²) in [7, 11) is 1.38. The Labute approximate surface area is 300 Å². The number of hydrogen-bond acceptors (Lipinski definition) is 7. The van der Waals surface area contributed by atoms with Crippen LogP contribution in [0.4, 0.5) is 0 Å². The summed E-state index contributed by atoms with van der Waals surface area (Å²) in [6.07, 6.45) is 1.71. The van der Waals surface area contributed by atoms with Crippen LogP contribution in [-0.2, 0) is 10.3 Å². The van der Waals surface area contributed by atoms with Crippen LogP contribution in [-0.4, -0.2) is 49.4 Å². The zero-order chi connectivity index (χ0) is 35.5. The van der Waals surface area contributed by atoms with Gasteiger partial charge in [0.25, 0.3) is 0 Å². The van der Waals surface area contributed by atoms with Crippen LogP contribution in [0.2, 0.25) is 0 Å². The molecule has 8 aromatic rings. The number of tetrazole rings is 1. The van der Waals surface area contributed by atoms with E-state index in [9.17, 15) is 4.79 Å². The van der Waals surface area contributed by atoms with E-state index in [1.54, 1.807) is 18.5 Å². The van der Waals surface area contributed by atoms with E-state index >= 15 is 0 Å². The molecule has 0 unspecified atom stereocenters. The van der Waals surface area contributed by atoms with Crippen LogP contribution in [0.25, 0.3) is 39.2 Å². The zero-order valence-corrected chi connectivity index (χ0v) is 28.6. The first-order valence-electron chi connectivity index (χ1n) is 17.0. The van der Waals surface area contributed by atoms with Crippen molar-refractivity contribution in [3.8, 4) is 34.0 Å². The highest BCUT2D eigenvalue weighted by molar-refractivity contribution is 6.02. The molecule has 254 valence electrons. The maximum Gasteiger partial charge on any atom is 0.340 e. The number of ether oxygens (including phenoxy) is 2. The average molecular weight is 683 g/mol. The maximum absolute atomic E-state index is 12.7. The predicted octanol–water partition coefficient (Wildman–Crippen LogP) is 8.37. The van der Waals surface area contributed by atoms with Crippen molar-refractivity contribution in [2.24, 2.45) is 0 Å². The standard InChI is InChI=1S/C43H34N6O3/c1-3-52-39-28-33(48-29-44-38-25-15-24-37(40(38)48)42(50)51-2)26-27-35(39)34-22-13-14-23-36(34)41-45-46-47-49(41)43(30-16-7-4-8-17-30,31-18-9-5-10-19-31)32-20-11-6-12-21-32/h4-29H,3H2,1-2H3. The minimum Gasteiger partial charge on any atom is -0.493 e. The third-order valence-electron chi connectivity index (χ3n) is 9.34. The molecule has 9 heteroatoms. The van der Waals surface area contributed by atoms with Crippen molar-refractivity contribution in [3.05, 3.63) is 180 Å². The molecule has 0 saturated carbocycles. The van der Waals surface area contributed by atoms with Crippen LogP contribution < -0.4 is 4.74 Å². The van der Waals surface area contributed by atoms with Gasteiger partial charge in [-0.1, -0.05) is 121 Å². The highest BCUT2D eigenvalue weighted by Crippen LogP contribution is 2.44. The summed E-state index contributed by atoms with van der Waals surface area (Å²) < 4.78 is 15.2. The first-order chi connectivity index (χ1) is 25.6. The Morgan fingerprint density at radius 1 is 0.692 bits per heavy atom. The number of carbonyl (C=O) groups is 1. The van der Waals surface area contributed by atoms with Gasteiger partial charge in [-0.15, -0.1) is 5.10 Å². The second-order valence-corrected chi connectivity index (χ2v) is 12.2. The van der Waals surface area contributed by atoms with Crippen LogP contribution in [0.5, 0.6) is 5.75 Å². The Morgan fingerprint density at radius 2 is 1.31 bits per heavy atom. The van der Waals surface area contributed by atoms with Gasteiger partial charge >= 0.3 is 5.97 Å². The third-order valence-corrected chi connectivity index (χ3v) is 9.34. The lowest BCUT2D eigenvalue weighted by atomic mass is 9.77. The van der Waals surface area contributed by atoms with E-state index in [0.29, 0.717) is 34.8 Å². The van der Waals surface area contributed by atoms with E-state index in [1.807, 2.05) is 113 Å². The molecule has 8 rings (SSSR count). The van der Waals surface area contributed by atoms with Gasteiger partial charge in [-0.05, 0) is 63.9 Å². The molecule has 2 aromatic heterocycles. The average Bonchev–Trinajstić information content (AvgIpc) is 3.88. The molecular weight excluding hydrogens is 649 g/mol. The molecule has 9 nitrogen and oxygen atoms in total. The van der Waals surface area contributed by atoms with Gasteiger partial charge in [0.15, 0.2) is 5.82 Å².